The first-order valence-electron chi connectivity index (χ1n) is 23.7. The average molecular weight is 894 g/mol. The van der Waals surface area contributed by atoms with E-state index in [1.54, 1.807) is 0 Å². The number of hydrogen-bond acceptors (Lipinski definition) is 4. The molecule has 1 unspecified atom stereocenters. The molecule has 9 aromatic carbocycles. The van der Waals surface area contributed by atoms with Crippen LogP contribution in [0, 0.1) is 0 Å². The van der Waals surface area contributed by atoms with E-state index in [9.17, 15) is 0 Å². The minimum absolute atomic E-state index is 0.506. The molecular weight excluding hydrogens is 855 g/mol. The van der Waals surface area contributed by atoms with Crippen molar-refractivity contribution in [2.45, 2.75) is 5.41 Å². The molecule has 4 heterocycles. The van der Waals surface area contributed by atoms with Crippen LogP contribution in [0.2, 0.25) is 0 Å². The molecule has 0 aliphatic heterocycles. The quantitative estimate of drug-likeness (QED) is 0.167. The molecule has 0 radical (unpaired) electrons. The van der Waals surface area contributed by atoms with Gasteiger partial charge < -0.3 is 4.42 Å². The second-order valence-corrected chi connectivity index (χ2v) is 18.3. The van der Waals surface area contributed by atoms with Crippen molar-refractivity contribution in [3.8, 4) is 45.5 Å². The zero-order chi connectivity index (χ0) is 46.2. The van der Waals surface area contributed by atoms with Gasteiger partial charge in [-0.1, -0.05) is 183 Å². The topological polar surface area (TPSA) is 61.7 Å². The molecule has 0 saturated heterocycles. The van der Waals surface area contributed by atoms with Gasteiger partial charge >= 0.3 is 0 Å². The van der Waals surface area contributed by atoms with Gasteiger partial charge in [0.05, 0.1) is 27.5 Å². The normalized spacial score (nSPS) is 15.0. The van der Waals surface area contributed by atoms with Crippen LogP contribution in [0.4, 0.5) is 0 Å². The number of nitrogens with zero attached hydrogens (tertiary/aromatic N) is 5. The first-order valence-corrected chi connectivity index (χ1v) is 23.7. The van der Waals surface area contributed by atoms with Crippen LogP contribution in [0.1, 0.15) is 22.3 Å². The van der Waals surface area contributed by atoms with Crippen LogP contribution in [-0.4, -0.2) is 24.1 Å². The van der Waals surface area contributed by atoms with Crippen LogP contribution in [0.3, 0.4) is 0 Å². The molecule has 326 valence electrons. The predicted molar refractivity (Wildman–Crippen MR) is 286 cm³/mol. The van der Waals surface area contributed by atoms with E-state index in [2.05, 4.69) is 216 Å². The van der Waals surface area contributed by atoms with E-state index in [0.717, 1.165) is 93.4 Å². The van der Waals surface area contributed by atoms with Crippen molar-refractivity contribution in [2.24, 2.45) is 0 Å². The summed E-state index contributed by atoms with van der Waals surface area (Å²) in [6.45, 7) is 8.87. The third kappa shape index (κ3) is 4.98. The third-order valence-electron chi connectivity index (χ3n) is 15.0. The molecule has 1 spiro atoms. The summed E-state index contributed by atoms with van der Waals surface area (Å²) < 4.78 is 11.1. The Morgan fingerprint density at radius 2 is 1.01 bits per heavy atom. The summed E-state index contributed by atoms with van der Waals surface area (Å²) in [5.41, 5.74) is 17.5. The molecule has 0 saturated carbocycles. The highest BCUT2D eigenvalue weighted by Gasteiger charge is 2.53. The summed E-state index contributed by atoms with van der Waals surface area (Å²) in [4.78, 5) is 16.5. The van der Waals surface area contributed by atoms with Crippen LogP contribution in [0.25, 0.3) is 117 Å². The standard InChI is InChI=1S/C64H39N5O/c1-3-40-42-21-8-13-27-50(42)64(49(40)4-2)51-28-14-9-22-43(51)46-35-36-55-59(60(46)64)47-25-12-17-31-54(47)69(55)63-66-61(65-62(67-63)68-52-29-15-10-23-44(52)45-24-11-16-30-53(45)68)39-33-34-48-57(37-39)70-56-32-18-26-41(58(48)56)38-19-6-5-7-20-38/h3-37H,1-2H2. The molecule has 13 aromatic rings. The summed E-state index contributed by atoms with van der Waals surface area (Å²) in [5.74, 6) is 1.55. The fraction of sp³-hybridized carbons (Fsp3) is 0.0156. The van der Waals surface area contributed by atoms with Gasteiger partial charge in [0.15, 0.2) is 5.82 Å². The van der Waals surface area contributed by atoms with E-state index >= 15 is 0 Å². The van der Waals surface area contributed by atoms with E-state index in [1.165, 1.54) is 33.4 Å². The maximum atomic E-state index is 6.69. The van der Waals surface area contributed by atoms with E-state index in [1.807, 2.05) is 18.2 Å². The summed E-state index contributed by atoms with van der Waals surface area (Å²) >= 11 is 0. The van der Waals surface area contributed by atoms with Crippen molar-refractivity contribution in [2.75, 3.05) is 0 Å². The van der Waals surface area contributed by atoms with Crippen molar-refractivity contribution in [1.82, 2.24) is 24.1 Å². The molecule has 0 amide bonds. The van der Waals surface area contributed by atoms with Gasteiger partial charge in [-0.25, -0.2) is 0 Å². The molecule has 70 heavy (non-hydrogen) atoms. The van der Waals surface area contributed by atoms with Crippen molar-refractivity contribution < 1.29 is 4.42 Å². The molecule has 2 aliphatic rings. The summed E-state index contributed by atoms with van der Waals surface area (Å²) in [7, 11) is 0. The Morgan fingerprint density at radius 1 is 0.414 bits per heavy atom. The van der Waals surface area contributed by atoms with Crippen molar-refractivity contribution >= 4 is 71.1 Å². The van der Waals surface area contributed by atoms with Gasteiger partial charge in [-0.3, -0.25) is 9.13 Å². The highest BCUT2D eigenvalue weighted by Crippen LogP contribution is 2.64. The molecule has 0 fully saturated rings. The number of rotatable bonds is 6. The number of hydrogen-bond donors (Lipinski definition) is 0. The van der Waals surface area contributed by atoms with Crippen LogP contribution >= 0.6 is 0 Å². The Kier molecular flexibility index (Phi) is 7.91. The monoisotopic (exact) mass is 893 g/mol. The second kappa shape index (κ2) is 14.3. The Labute approximate surface area is 402 Å². The van der Waals surface area contributed by atoms with Gasteiger partial charge in [-0.05, 0) is 98.1 Å². The van der Waals surface area contributed by atoms with E-state index < -0.39 is 5.41 Å². The number of fused-ring (bicyclic) bond motifs is 17. The lowest BCUT2D eigenvalue weighted by Crippen LogP contribution is -2.27. The molecule has 4 aromatic heterocycles. The van der Waals surface area contributed by atoms with Gasteiger partial charge in [0.1, 0.15) is 11.2 Å². The minimum Gasteiger partial charge on any atom is -0.456 e. The van der Waals surface area contributed by atoms with Crippen LogP contribution in [0.5, 0.6) is 0 Å². The van der Waals surface area contributed by atoms with Gasteiger partial charge in [-0.2, -0.15) is 15.0 Å². The van der Waals surface area contributed by atoms with Crippen LogP contribution in [-0.2, 0) is 5.41 Å². The fourth-order valence-electron chi connectivity index (χ4n) is 12.3. The number of furan rings is 1. The lowest BCUT2D eigenvalue weighted by atomic mass is 9.68. The Bertz CT molecular complexity index is 4420. The molecule has 0 bridgehead atoms. The van der Waals surface area contributed by atoms with E-state index in [4.69, 9.17) is 19.4 Å². The van der Waals surface area contributed by atoms with E-state index in [-0.39, 0.29) is 0 Å². The van der Waals surface area contributed by atoms with Gasteiger partial charge in [0.25, 0.3) is 0 Å². The lowest BCUT2D eigenvalue weighted by Gasteiger charge is -2.32. The average Bonchev–Trinajstić information content (AvgIpc) is 4.22. The number of allylic oxidation sites excluding steroid dienone is 4. The van der Waals surface area contributed by atoms with Crippen molar-refractivity contribution in [1.29, 1.82) is 0 Å². The Morgan fingerprint density at radius 3 is 1.73 bits per heavy atom. The largest absolute Gasteiger partial charge is 0.456 e. The van der Waals surface area contributed by atoms with Crippen LogP contribution < -0.4 is 0 Å². The number of aromatic nitrogens is 5. The zero-order valence-corrected chi connectivity index (χ0v) is 37.8. The maximum absolute atomic E-state index is 6.69. The molecule has 15 rings (SSSR count). The highest BCUT2D eigenvalue weighted by molar-refractivity contribution is 6.17. The van der Waals surface area contributed by atoms with Gasteiger partial charge in [0, 0.05) is 37.9 Å². The lowest BCUT2D eigenvalue weighted by molar-refractivity contribution is 0.669. The molecular formula is C64H39N5O. The third-order valence-corrected chi connectivity index (χ3v) is 15.0. The maximum Gasteiger partial charge on any atom is 0.240 e. The second-order valence-electron chi connectivity index (χ2n) is 18.3. The SMILES string of the molecule is C=CC1=C(C=C)C2(c3ccccc31)c1ccccc1-c1ccc3c(c12)c1ccccc1n3-c1nc(-c2ccc3c(c2)oc2cccc(-c4ccccc4)c23)nc(-n2c3ccccc3c3ccccc32)n1. The molecule has 6 nitrogen and oxygen atoms in total. The summed E-state index contributed by atoms with van der Waals surface area (Å²) in [5, 5.41) is 6.60. The smallest absolute Gasteiger partial charge is 0.240 e. The fourth-order valence-corrected chi connectivity index (χ4v) is 12.3. The minimum atomic E-state index is -0.650. The summed E-state index contributed by atoms with van der Waals surface area (Å²) in [6.07, 6.45) is 4.06. The van der Waals surface area contributed by atoms with E-state index in [0.29, 0.717) is 17.7 Å². The van der Waals surface area contributed by atoms with Crippen molar-refractivity contribution in [3.63, 3.8) is 0 Å². The van der Waals surface area contributed by atoms with Crippen molar-refractivity contribution in [3.05, 3.63) is 253 Å². The molecule has 1 atom stereocenters. The number of para-hydroxylation sites is 3. The predicted octanol–water partition coefficient (Wildman–Crippen LogP) is 15.8. The first-order chi connectivity index (χ1) is 34.6. The molecule has 6 heteroatoms. The zero-order valence-electron chi connectivity index (χ0n) is 37.8. The van der Waals surface area contributed by atoms with Gasteiger partial charge in [-0.15, -0.1) is 0 Å². The molecule has 2 aliphatic carbocycles. The Balaban J connectivity index is 1.04. The van der Waals surface area contributed by atoms with Crippen LogP contribution in [0.15, 0.2) is 235 Å². The molecule has 0 N–H and O–H groups in total. The Hall–Kier alpha value is -9.39. The highest BCUT2D eigenvalue weighted by atomic mass is 16.3. The number of benzene rings is 9. The van der Waals surface area contributed by atoms with Gasteiger partial charge in [0.2, 0.25) is 11.9 Å². The first kappa shape index (κ1) is 38.7. The summed E-state index contributed by atoms with van der Waals surface area (Å²) in [6, 6.07) is 70.9.